The number of halogens is 1. The quantitative estimate of drug-likeness (QED) is 0.755. The van der Waals surface area contributed by atoms with Crippen LogP contribution in [-0.2, 0) is 4.79 Å². The summed E-state index contributed by atoms with van der Waals surface area (Å²) in [5.74, 6) is -0.577. The van der Waals surface area contributed by atoms with Crippen LogP contribution in [0.3, 0.4) is 0 Å². The molecule has 0 fully saturated rings. The molecule has 0 saturated heterocycles. The summed E-state index contributed by atoms with van der Waals surface area (Å²) in [4.78, 5) is 24.8. The maximum Gasteiger partial charge on any atom is 0.265 e. The molecule has 0 radical (unpaired) electrons. The number of anilines is 1. The number of rotatable bonds is 8. The molecular formula is C20H23FN2O3. The first-order chi connectivity index (χ1) is 12.5. The van der Waals surface area contributed by atoms with E-state index in [4.69, 9.17) is 4.74 Å². The van der Waals surface area contributed by atoms with Crippen molar-refractivity contribution < 1.29 is 18.7 Å². The Morgan fingerprint density at radius 2 is 1.77 bits per heavy atom. The zero-order valence-electron chi connectivity index (χ0n) is 14.9. The van der Waals surface area contributed by atoms with Crippen molar-refractivity contribution in [1.29, 1.82) is 0 Å². The molecule has 0 aliphatic heterocycles. The van der Waals surface area contributed by atoms with Gasteiger partial charge in [0.2, 0.25) is 0 Å². The molecule has 0 bridgehead atoms. The average Bonchev–Trinajstić information content (AvgIpc) is 2.66. The number of para-hydroxylation sites is 1. The number of ether oxygens (including phenoxy) is 1. The lowest BCUT2D eigenvalue weighted by molar-refractivity contribution is -0.122. The van der Waals surface area contributed by atoms with Crippen LogP contribution in [0.5, 0.6) is 5.75 Å². The van der Waals surface area contributed by atoms with Gasteiger partial charge in [-0.05, 0) is 49.2 Å². The number of amides is 2. The van der Waals surface area contributed by atoms with E-state index < -0.39 is 6.10 Å². The van der Waals surface area contributed by atoms with Gasteiger partial charge in [0, 0.05) is 6.54 Å². The van der Waals surface area contributed by atoms with Crippen LogP contribution < -0.4 is 15.4 Å². The van der Waals surface area contributed by atoms with Crippen LogP contribution in [0, 0.1) is 5.82 Å². The smallest absolute Gasteiger partial charge is 0.265 e. The largest absolute Gasteiger partial charge is 0.481 e. The van der Waals surface area contributed by atoms with Crippen molar-refractivity contribution in [3.63, 3.8) is 0 Å². The summed E-state index contributed by atoms with van der Waals surface area (Å²) < 4.78 is 18.6. The number of carbonyl (C=O) groups is 2. The Morgan fingerprint density at radius 1 is 1.08 bits per heavy atom. The third-order valence-electron chi connectivity index (χ3n) is 3.72. The summed E-state index contributed by atoms with van der Waals surface area (Å²) in [5, 5.41) is 5.55. The zero-order chi connectivity index (χ0) is 18.9. The molecule has 6 heteroatoms. The standard InChI is InChI=1S/C20H23FN2O3/c1-3-13-22-19(24)16-7-5-6-8-17(16)23-20(25)18(4-2)26-15-11-9-14(21)10-12-15/h5-12,18H,3-4,13H2,1-2H3,(H,22,24)(H,23,25). The Hall–Kier alpha value is -2.89. The lowest BCUT2D eigenvalue weighted by Gasteiger charge is -2.18. The summed E-state index contributed by atoms with van der Waals surface area (Å²) in [5.41, 5.74) is 0.818. The second-order valence-electron chi connectivity index (χ2n) is 5.76. The van der Waals surface area contributed by atoms with Crippen molar-refractivity contribution in [1.82, 2.24) is 5.32 Å². The Morgan fingerprint density at radius 3 is 2.42 bits per heavy atom. The normalized spacial score (nSPS) is 11.5. The molecule has 0 saturated carbocycles. The number of hydrogen-bond donors (Lipinski definition) is 2. The molecule has 0 spiro atoms. The second-order valence-corrected chi connectivity index (χ2v) is 5.76. The molecule has 2 N–H and O–H groups in total. The fraction of sp³-hybridized carbons (Fsp3) is 0.300. The van der Waals surface area contributed by atoms with E-state index in [0.717, 1.165) is 6.42 Å². The summed E-state index contributed by atoms with van der Waals surface area (Å²) in [6.07, 6.45) is 0.490. The van der Waals surface area contributed by atoms with Crippen molar-refractivity contribution in [3.05, 3.63) is 59.9 Å². The van der Waals surface area contributed by atoms with Gasteiger partial charge in [-0.25, -0.2) is 4.39 Å². The van der Waals surface area contributed by atoms with Gasteiger partial charge in [0.25, 0.3) is 11.8 Å². The predicted octanol–water partition coefficient (Wildman–Crippen LogP) is 3.76. The minimum absolute atomic E-state index is 0.241. The molecule has 2 aromatic rings. The monoisotopic (exact) mass is 358 g/mol. The summed E-state index contributed by atoms with van der Waals surface area (Å²) in [6.45, 7) is 4.34. The van der Waals surface area contributed by atoms with Gasteiger partial charge in [0.1, 0.15) is 11.6 Å². The molecule has 0 aliphatic rings. The Labute approximate surface area is 152 Å². The van der Waals surface area contributed by atoms with Gasteiger partial charge in [-0.2, -0.15) is 0 Å². The zero-order valence-corrected chi connectivity index (χ0v) is 14.9. The van der Waals surface area contributed by atoms with E-state index in [1.807, 2.05) is 13.8 Å². The topological polar surface area (TPSA) is 67.4 Å². The lowest BCUT2D eigenvalue weighted by atomic mass is 10.1. The molecule has 2 amide bonds. The molecule has 2 aromatic carbocycles. The first-order valence-electron chi connectivity index (χ1n) is 8.65. The molecule has 2 rings (SSSR count). The lowest BCUT2D eigenvalue weighted by Crippen LogP contribution is -2.33. The van der Waals surface area contributed by atoms with Gasteiger partial charge >= 0.3 is 0 Å². The molecule has 0 aromatic heterocycles. The Balaban J connectivity index is 2.09. The number of hydrogen-bond acceptors (Lipinski definition) is 3. The van der Waals surface area contributed by atoms with E-state index in [9.17, 15) is 14.0 Å². The molecule has 138 valence electrons. The minimum Gasteiger partial charge on any atom is -0.481 e. The highest BCUT2D eigenvalue weighted by atomic mass is 19.1. The van der Waals surface area contributed by atoms with Crippen molar-refractivity contribution in [3.8, 4) is 5.75 Å². The van der Waals surface area contributed by atoms with Crippen LogP contribution in [0.4, 0.5) is 10.1 Å². The average molecular weight is 358 g/mol. The van der Waals surface area contributed by atoms with Crippen LogP contribution in [0.15, 0.2) is 48.5 Å². The number of carbonyl (C=O) groups excluding carboxylic acids is 2. The highest BCUT2D eigenvalue weighted by Crippen LogP contribution is 2.18. The highest BCUT2D eigenvalue weighted by molar-refractivity contribution is 6.04. The maximum atomic E-state index is 13.0. The molecule has 0 heterocycles. The van der Waals surface area contributed by atoms with Crippen LogP contribution >= 0.6 is 0 Å². The maximum absolute atomic E-state index is 13.0. The molecule has 0 aliphatic carbocycles. The number of benzene rings is 2. The Kier molecular flexibility index (Phi) is 7.14. The van der Waals surface area contributed by atoms with Gasteiger partial charge in [-0.1, -0.05) is 26.0 Å². The van der Waals surface area contributed by atoms with E-state index in [1.54, 1.807) is 24.3 Å². The Bertz CT molecular complexity index is 747. The van der Waals surface area contributed by atoms with E-state index in [2.05, 4.69) is 10.6 Å². The summed E-state index contributed by atoms with van der Waals surface area (Å²) in [7, 11) is 0. The molecule has 26 heavy (non-hydrogen) atoms. The van der Waals surface area contributed by atoms with E-state index in [1.165, 1.54) is 24.3 Å². The van der Waals surface area contributed by atoms with Crippen molar-refractivity contribution >= 4 is 17.5 Å². The predicted molar refractivity (Wildman–Crippen MR) is 98.8 cm³/mol. The molecule has 1 atom stereocenters. The van der Waals surface area contributed by atoms with Crippen LogP contribution in [-0.4, -0.2) is 24.5 Å². The second kappa shape index (κ2) is 9.56. The number of nitrogens with one attached hydrogen (secondary N) is 2. The molecule has 5 nitrogen and oxygen atoms in total. The highest BCUT2D eigenvalue weighted by Gasteiger charge is 2.21. The third kappa shape index (κ3) is 5.31. The van der Waals surface area contributed by atoms with Crippen LogP contribution in [0.2, 0.25) is 0 Å². The first-order valence-corrected chi connectivity index (χ1v) is 8.65. The van der Waals surface area contributed by atoms with Gasteiger partial charge in [-0.15, -0.1) is 0 Å². The molecular weight excluding hydrogens is 335 g/mol. The fourth-order valence-corrected chi connectivity index (χ4v) is 2.34. The summed E-state index contributed by atoms with van der Waals surface area (Å²) in [6, 6.07) is 12.3. The SMILES string of the molecule is CCCNC(=O)c1ccccc1NC(=O)C(CC)Oc1ccc(F)cc1. The minimum atomic E-state index is -0.757. The van der Waals surface area contributed by atoms with E-state index in [0.29, 0.717) is 30.0 Å². The fourth-order valence-electron chi connectivity index (χ4n) is 2.34. The van der Waals surface area contributed by atoms with Crippen LogP contribution in [0.25, 0.3) is 0 Å². The van der Waals surface area contributed by atoms with Crippen molar-refractivity contribution in [2.75, 3.05) is 11.9 Å². The van der Waals surface area contributed by atoms with Crippen molar-refractivity contribution in [2.24, 2.45) is 0 Å². The van der Waals surface area contributed by atoms with Crippen molar-refractivity contribution in [2.45, 2.75) is 32.8 Å². The molecule has 1 unspecified atom stereocenters. The van der Waals surface area contributed by atoms with Gasteiger partial charge in [0.05, 0.1) is 11.3 Å². The van der Waals surface area contributed by atoms with E-state index >= 15 is 0 Å². The van der Waals surface area contributed by atoms with Gasteiger partial charge < -0.3 is 15.4 Å². The summed E-state index contributed by atoms with van der Waals surface area (Å²) >= 11 is 0. The van der Waals surface area contributed by atoms with Gasteiger partial charge in [0.15, 0.2) is 6.10 Å². The third-order valence-corrected chi connectivity index (χ3v) is 3.72. The van der Waals surface area contributed by atoms with Gasteiger partial charge in [-0.3, -0.25) is 9.59 Å². The van der Waals surface area contributed by atoms with E-state index in [-0.39, 0.29) is 17.6 Å². The first kappa shape index (κ1) is 19.4. The van der Waals surface area contributed by atoms with Crippen LogP contribution in [0.1, 0.15) is 37.0 Å².